The van der Waals surface area contributed by atoms with Gasteiger partial charge in [0.25, 0.3) is 0 Å². The predicted octanol–water partition coefficient (Wildman–Crippen LogP) is 0.727. The second kappa shape index (κ2) is 8.55. The molecule has 0 fully saturated rings. The fourth-order valence-corrected chi connectivity index (χ4v) is 1.70. The van der Waals surface area contributed by atoms with Crippen LogP contribution in [0.4, 0.5) is 10.6 Å². The van der Waals surface area contributed by atoms with Gasteiger partial charge in [-0.2, -0.15) is 5.10 Å². The van der Waals surface area contributed by atoms with Crippen molar-refractivity contribution in [3.63, 3.8) is 0 Å². The zero-order valence-corrected chi connectivity index (χ0v) is 12.5. The van der Waals surface area contributed by atoms with Crippen molar-refractivity contribution in [1.82, 2.24) is 20.0 Å². The molecule has 0 bridgehead atoms. The summed E-state index contributed by atoms with van der Waals surface area (Å²) in [7, 11) is 4.01. The van der Waals surface area contributed by atoms with Gasteiger partial charge in [0.05, 0.1) is 6.54 Å². The highest BCUT2D eigenvalue weighted by Crippen LogP contribution is 2.03. The standard InChI is InChI=1S/C13H25N5O2/c1-11(5-4-10-19)14-13(20)15-12-6-7-18(16-12)9-8-17(2)3/h6-7,11,19H,4-5,8-10H2,1-3H3,(H2,14,15,16,20). The Morgan fingerprint density at radius 2 is 2.30 bits per heavy atom. The molecule has 1 unspecified atom stereocenters. The van der Waals surface area contributed by atoms with Crippen molar-refractivity contribution in [2.24, 2.45) is 0 Å². The van der Waals surface area contributed by atoms with Gasteiger partial charge in [-0.15, -0.1) is 0 Å². The van der Waals surface area contributed by atoms with E-state index in [2.05, 4.69) is 20.6 Å². The fraction of sp³-hybridized carbons (Fsp3) is 0.692. The quantitative estimate of drug-likeness (QED) is 0.657. The molecule has 0 saturated carbocycles. The SMILES string of the molecule is CC(CCCO)NC(=O)Nc1ccn(CCN(C)C)n1. The lowest BCUT2D eigenvalue weighted by Gasteiger charge is -2.13. The number of aliphatic hydroxyl groups is 1. The van der Waals surface area contributed by atoms with Gasteiger partial charge in [-0.05, 0) is 33.9 Å². The van der Waals surface area contributed by atoms with Crippen LogP contribution in [0.5, 0.6) is 0 Å². The first-order chi connectivity index (χ1) is 9.51. The number of likely N-dealkylation sites (N-methyl/N-ethyl adjacent to an activating group) is 1. The van der Waals surface area contributed by atoms with Gasteiger partial charge in [-0.1, -0.05) is 0 Å². The number of amides is 2. The minimum atomic E-state index is -0.270. The van der Waals surface area contributed by atoms with E-state index < -0.39 is 0 Å². The number of aliphatic hydroxyl groups excluding tert-OH is 1. The number of anilines is 1. The molecule has 0 aliphatic heterocycles. The first-order valence-electron chi connectivity index (χ1n) is 6.88. The number of rotatable bonds is 8. The van der Waals surface area contributed by atoms with Crippen LogP contribution >= 0.6 is 0 Å². The van der Waals surface area contributed by atoms with E-state index in [-0.39, 0.29) is 18.7 Å². The minimum absolute atomic E-state index is 0.0259. The summed E-state index contributed by atoms with van der Waals surface area (Å²) in [5, 5.41) is 18.5. The summed E-state index contributed by atoms with van der Waals surface area (Å²) in [4.78, 5) is 13.8. The van der Waals surface area contributed by atoms with E-state index in [1.807, 2.05) is 27.2 Å². The van der Waals surface area contributed by atoms with Crippen LogP contribution in [-0.2, 0) is 6.54 Å². The Morgan fingerprint density at radius 1 is 1.55 bits per heavy atom. The van der Waals surface area contributed by atoms with E-state index >= 15 is 0 Å². The van der Waals surface area contributed by atoms with Crippen LogP contribution < -0.4 is 10.6 Å². The van der Waals surface area contributed by atoms with E-state index in [1.54, 1.807) is 10.7 Å². The number of hydrogen-bond donors (Lipinski definition) is 3. The molecular weight excluding hydrogens is 258 g/mol. The summed E-state index contributed by atoms with van der Waals surface area (Å²) in [6.07, 6.45) is 3.27. The lowest BCUT2D eigenvalue weighted by molar-refractivity contribution is 0.245. The van der Waals surface area contributed by atoms with E-state index in [1.165, 1.54) is 0 Å². The molecule has 114 valence electrons. The third-order valence-electron chi connectivity index (χ3n) is 2.83. The number of urea groups is 1. The van der Waals surface area contributed by atoms with Crippen LogP contribution in [0.1, 0.15) is 19.8 Å². The molecule has 1 heterocycles. The smallest absolute Gasteiger partial charge is 0.320 e. The molecule has 0 aliphatic rings. The topological polar surface area (TPSA) is 82.4 Å². The van der Waals surface area contributed by atoms with Gasteiger partial charge in [-0.25, -0.2) is 4.79 Å². The lowest BCUT2D eigenvalue weighted by Crippen LogP contribution is -2.36. The summed E-state index contributed by atoms with van der Waals surface area (Å²) >= 11 is 0. The Bertz CT molecular complexity index is 405. The number of aromatic nitrogens is 2. The van der Waals surface area contributed by atoms with Gasteiger partial charge >= 0.3 is 6.03 Å². The molecule has 1 aromatic heterocycles. The average Bonchev–Trinajstić information content (AvgIpc) is 2.81. The number of carbonyl (C=O) groups is 1. The summed E-state index contributed by atoms with van der Waals surface area (Å²) < 4.78 is 1.80. The molecule has 0 aliphatic carbocycles. The Hall–Kier alpha value is -1.60. The van der Waals surface area contributed by atoms with Crippen molar-refractivity contribution in [3.05, 3.63) is 12.3 Å². The van der Waals surface area contributed by atoms with Gasteiger partial charge < -0.3 is 15.3 Å². The van der Waals surface area contributed by atoms with E-state index in [0.717, 1.165) is 19.5 Å². The summed E-state index contributed by atoms with van der Waals surface area (Å²) in [5.74, 6) is 0.538. The van der Waals surface area contributed by atoms with Crippen LogP contribution in [0, 0.1) is 0 Å². The maximum Gasteiger partial charge on any atom is 0.320 e. The second-order valence-electron chi connectivity index (χ2n) is 5.13. The van der Waals surface area contributed by atoms with Gasteiger partial charge in [0.15, 0.2) is 5.82 Å². The highest BCUT2D eigenvalue weighted by atomic mass is 16.3. The molecule has 0 radical (unpaired) electrons. The zero-order valence-electron chi connectivity index (χ0n) is 12.5. The van der Waals surface area contributed by atoms with Crippen LogP contribution in [-0.4, -0.2) is 59.1 Å². The predicted molar refractivity (Wildman–Crippen MR) is 78.7 cm³/mol. The van der Waals surface area contributed by atoms with Gasteiger partial charge in [0.2, 0.25) is 0 Å². The monoisotopic (exact) mass is 283 g/mol. The molecule has 1 aromatic rings. The first kappa shape index (κ1) is 16.5. The van der Waals surface area contributed by atoms with Crippen molar-refractivity contribution >= 4 is 11.8 Å². The molecule has 1 rings (SSSR count). The highest BCUT2D eigenvalue weighted by Gasteiger charge is 2.08. The van der Waals surface area contributed by atoms with Gasteiger partial charge in [0, 0.05) is 31.5 Å². The molecule has 2 amide bonds. The summed E-state index contributed by atoms with van der Waals surface area (Å²) in [6, 6.07) is 1.53. The Labute approximate surface area is 120 Å². The summed E-state index contributed by atoms with van der Waals surface area (Å²) in [5.41, 5.74) is 0. The van der Waals surface area contributed by atoms with Crippen molar-refractivity contribution in [2.45, 2.75) is 32.4 Å². The second-order valence-corrected chi connectivity index (χ2v) is 5.13. The van der Waals surface area contributed by atoms with Crippen LogP contribution in [0.25, 0.3) is 0 Å². The highest BCUT2D eigenvalue weighted by molar-refractivity contribution is 5.88. The van der Waals surface area contributed by atoms with Crippen LogP contribution in [0.2, 0.25) is 0 Å². The third-order valence-corrected chi connectivity index (χ3v) is 2.83. The van der Waals surface area contributed by atoms with E-state index in [4.69, 9.17) is 5.11 Å². The molecule has 0 aromatic carbocycles. The normalized spacial score (nSPS) is 12.4. The first-order valence-corrected chi connectivity index (χ1v) is 6.88. The number of hydrogen-bond acceptors (Lipinski definition) is 4. The molecule has 7 nitrogen and oxygen atoms in total. The maximum atomic E-state index is 11.7. The zero-order chi connectivity index (χ0) is 15.0. The third kappa shape index (κ3) is 6.53. The number of nitrogens with zero attached hydrogens (tertiary/aromatic N) is 3. The largest absolute Gasteiger partial charge is 0.396 e. The number of nitrogens with one attached hydrogen (secondary N) is 2. The molecule has 7 heteroatoms. The molecule has 0 spiro atoms. The van der Waals surface area contributed by atoms with Crippen molar-refractivity contribution in [2.75, 3.05) is 32.6 Å². The van der Waals surface area contributed by atoms with Crippen molar-refractivity contribution in [3.8, 4) is 0 Å². The van der Waals surface area contributed by atoms with Crippen LogP contribution in [0.15, 0.2) is 12.3 Å². The molecule has 3 N–H and O–H groups in total. The molecule has 20 heavy (non-hydrogen) atoms. The number of carbonyl (C=O) groups excluding carboxylic acids is 1. The molecule has 0 saturated heterocycles. The Balaban J connectivity index is 2.34. The minimum Gasteiger partial charge on any atom is -0.396 e. The lowest BCUT2D eigenvalue weighted by atomic mass is 10.2. The van der Waals surface area contributed by atoms with Gasteiger partial charge in [-0.3, -0.25) is 10.00 Å². The molecular formula is C13H25N5O2. The fourth-order valence-electron chi connectivity index (χ4n) is 1.70. The maximum absolute atomic E-state index is 11.7. The van der Waals surface area contributed by atoms with Crippen molar-refractivity contribution < 1.29 is 9.90 Å². The van der Waals surface area contributed by atoms with Gasteiger partial charge in [0.1, 0.15) is 0 Å². The Morgan fingerprint density at radius 3 is 2.95 bits per heavy atom. The molecule has 1 atom stereocenters. The Kier molecular flexibility index (Phi) is 7.03. The summed E-state index contributed by atoms with van der Waals surface area (Å²) in [6.45, 7) is 3.73. The van der Waals surface area contributed by atoms with E-state index in [9.17, 15) is 4.79 Å². The van der Waals surface area contributed by atoms with E-state index in [0.29, 0.717) is 12.2 Å². The van der Waals surface area contributed by atoms with Crippen molar-refractivity contribution in [1.29, 1.82) is 0 Å². The average molecular weight is 283 g/mol. The van der Waals surface area contributed by atoms with Crippen LogP contribution in [0.3, 0.4) is 0 Å².